The van der Waals surface area contributed by atoms with E-state index in [2.05, 4.69) is 21.2 Å². The Balaban J connectivity index is 1.94. The molecule has 0 aliphatic heterocycles. The number of halogens is 4. The van der Waals surface area contributed by atoms with Gasteiger partial charge in [-0.3, -0.25) is 0 Å². The Morgan fingerprint density at radius 3 is 2.40 bits per heavy atom. The van der Waals surface area contributed by atoms with Crippen LogP contribution < -0.4 is 5.32 Å². The summed E-state index contributed by atoms with van der Waals surface area (Å²) in [4.78, 5) is 2.57. The summed E-state index contributed by atoms with van der Waals surface area (Å²) in [5, 5.41) is 3.19. The molecule has 0 radical (unpaired) electrons. The number of aryl methyl sites for hydroxylation is 1. The third-order valence-corrected chi connectivity index (χ3v) is 5.34. The molecule has 7 heteroatoms. The van der Waals surface area contributed by atoms with Crippen LogP contribution in [0.2, 0.25) is 0 Å². The van der Waals surface area contributed by atoms with Crippen molar-refractivity contribution < 1.29 is 13.2 Å². The first-order valence-electron chi connectivity index (χ1n) is 5.68. The predicted octanol–water partition coefficient (Wildman–Crippen LogP) is 6.04. The molecule has 0 fully saturated rings. The van der Waals surface area contributed by atoms with Gasteiger partial charge in [0.1, 0.15) is 0 Å². The lowest BCUT2D eigenvalue weighted by Crippen LogP contribution is -2.00. The number of hydrogen-bond acceptors (Lipinski definition) is 3. The molecule has 0 saturated heterocycles. The fourth-order valence-corrected chi connectivity index (χ4v) is 3.65. The van der Waals surface area contributed by atoms with Crippen molar-refractivity contribution in [1.82, 2.24) is 0 Å². The van der Waals surface area contributed by atoms with Crippen LogP contribution in [-0.4, -0.2) is 5.51 Å². The van der Waals surface area contributed by atoms with Crippen LogP contribution in [0, 0.1) is 6.92 Å². The molecule has 2 rings (SSSR count). The van der Waals surface area contributed by atoms with Gasteiger partial charge in [0, 0.05) is 31.4 Å². The molecule has 2 aromatic rings. The van der Waals surface area contributed by atoms with E-state index in [0.717, 1.165) is 10.2 Å². The quantitative estimate of drug-likeness (QED) is 0.647. The zero-order valence-electron chi connectivity index (χ0n) is 10.4. The van der Waals surface area contributed by atoms with Gasteiger partial charge in [-0.05, 0) is 64.9 Å². The van der Waals surface area contributed by atoms with Crippen LogP contribution in [0.25, 0.3) is 0 Å². The van der Waals surface area contributed by atoms with E-state index in [4.69, 9.17) is 0 Å². The van der Waals surface area contributed by atoms with Crippen LogP contribution in [0.1, 0.15) is 9.75 Å². The average molecular weight is 382 g/mol. The summed E-state index contributed by atoms with van der Waals surface area (Å²) < 4.78 is 37.7. The molecule has 0 aliphatic carbocycles. The number of alkyl halides is 3. The summed E-state index contributed by atoms with van der Waals surface area (Å²) in [7, 11) is 0. The molecule has 1 N–H and O–H groups in total. The Kier molecular flexibility index (Phi) is 5.04. The smallest absolute Gasteiger partial charge is 0.380 e. The van der Waals surface area contributed by atoms with Gasteiger partial charge < -0.3 is 5.32 Å². The highest BCUT2D eigenvalue weighted by Gasteiger charge is 2.28. The van der Waals surface area contributed by atoms with Crippen LogP contribution in [0.3, 0.4) is 0 Å². The lowest BCUT2D eigenvalue weighted by molar-refractivity contribution is -0.0328. The van der Waals surface area contributed by atoms with Crippen molar-refractivity contribution in [2.24, 2.45) is 0 Å². The molecule has 0 saturated carbocycles. The maximum Gasteiger partial charge on any atom is 0.446 e. The minimum absolute atomic E-state index is 0.103. The van der Waals surface area contributed by atoms with E-state index >= 15 is 0 Å². The molecular weight excluding hydrogens is 371 g/mol. The zero-order chi connectivity index (χ0) is 14.8. The van der Waals surface area contributed by atoms with Crippen LogP contribution >= 0.6 is 39.0 Å². The van der Waals surface area contributed by atoms with E-state index < -0.39 is 5.51 Å². The molecule has 0 spiro atoms. The minimum atomic E-state index is -4.24. The van der Waals surface area contributed by atoms with Gasteiger partial charge in [0.2, 0.25) is 0 Å². The third-order valence-electron chi connectivity index (χ3n) is 2.46. The number of benzene rings is 1. The number of thiophene rings is 1. The van der Waals surface area contributed by atoms with Crippen molar-refractivity contribution >= 4 is 44.7 Å². The van der Waals surface area contributed by atoms with Crippen molar-refractivity contribution in [1.29, 1.82) is 0 Å². The standard InChI is InChI=1S/C13H11BrF3NS2/c1-8-12(14)6-11(19-8)7-18-9-2-4-10(5-3-9)20-13(15,16)17/h2-6,18H,7H2,1H3. The zero-order valence-corrected chi connectivity index (χ0v) is 13.6. The normalized spacial score (nSPS) is 11.7. The molecule has 0 atom stereocenters. The number of anilines is 1. The fourth-order valence-electron chi connectivity index (χ4n) is 1.57. The summed E-state index contributed by atoms with van der Waals surface area (Å²) in [6.07, 6.45) is 0. The van der Waals surface area contributed by atoms with Crippen LogP contribution in [0.4, 0.5) is 18.9 Å². The third kappa shape index (κ3) is 4.71. The number of nitrogens with one attached hydrogen (secondary N) is 1. The number of rotatable bonds is 4. The average Bonchev–Trinajstić information content (AvgIpc) is 2.66. The lowest BCUT2D eigenvalue weighted by Gasteiger charge is -2.08. The molecule has 0 aliphatic rings. The summed E-state index contributed by atoms with van der Waals surface area (Å²) in [5.74, 6) is 0. The van der Waals surface area contributed by atoms with Crippen LogP contribution in [-0.2, 0) is 6.54 Å². The molecule has 1 aromatic carbocycles. The van der Waals surface area contributed by atoms with E-state index in [1.165, 1.54) is 21.9 Å². The van der Waals surface area contributed by atoms with Gasteiger partial charge in [0.25, 0.3) is 0 Å². The molecule has 1 heterocycles. The van der Waals surface area contributed by atoms with Gasteiger partial charge in [-0.25, -0.2) is 0 Å². The molecule has 0 bridgehead atoms. The van der Waals surface area contributed by atoms with E-state index in [-0.39, 0.29) is 16.7 Å². The SMILES string of the molecule is Cc1sc(CNc2ccc(SC(F)(F)F)cc2)cc1Br. The van der Waals surface area contributed by atoms with Gasteiger partial charge in [-0.2, -0.15) is 13.2 Å². The van der Waals surface area contributed by atoms with Gasteiger partial charge in [-0.15, -0.1) is 11.3 Å². The molecule has 0 unspecified atom stereocenters. The second-order valence-corrected chi connectivity index (χ2v) is 7.38. The molecule has 1 nitrogen and oxygen atoms in total. The van der Waals surface area contributed by atoms with Crippen LogP contribution in [0.15, 0.2) is 39.7 Å². The van der Waals surface area contributed by atoms with Gasteiger partial charge in [0.15, 0.2) is 0 Å². The Hall–Kier alpha value is -0.660. The highest BCUT2D eigenvalue weighted by atomic mass is 79.9. The second-order valence-electron chi connectivity index (χ2n) is 4.04. The summed E-state index contributed by atoms with van der Waals surface area (Å²) >= 11 is 5.03. The van der Waals surface area contributed by atoms with Crippen molar-refractivity contribution in [2.75, 3.05) is 5.32 Å². The minimum Gasteiger partial charge on any atom is -0.380 e. The highest BCUT2D eigenvalue weighted by molar-refractivity contribution is 9.10. The Morgan fingerprint density at radius 1 is 1.25 bits per heavy atom. The first kappa shape index (κ1) is 15.7. The Labute approximate surface area is 131 Å². The van der Waals surface area contributed by atoms with Gasteiger partial charge in [0.05, 0.1) is 0 Å². The molecule has 0 amide bonds. The van der Waals surface area contributed by atoms with Gasteiger partial charge >= 0.3 is 5.51 Å². The molecule has 1 aromatic heterocycles. The molecule has 108 valence electrons. The van der Waals surface area contributed by atoms with Crippen molar-refractivity contribution in [3.63, 3.8) is 0 Å². The van der Waals surface area contributed by atoms with E-state index in [1.807, 2.05) is 13.0 Å². The highest BCUT2D eigenvalue weighted by Crippen LogP contribution is 2.37. The monoisotopic (exact) mass is 381 g/mol. The topological polar surface area (TPSA) is 12.0 Å². The predicted molar refractivity (Wildman–Crippen MR) is 82.4 cm³/mol. The molecular formula is C13H11BrF3NS2. The molecule has 20 heavy (non-hydrogen) atoms. The largest absolute Gasteiger partial charge is 0.446 e. The maximum atomic E-state index is 12.2. The Bertz CT molecular complexity index is 559. The Morgan fingerprint density at radius 2 is 1.90 bits per heavy atom. The first-order chi connectivity index (χ1) is 9.33. The summed E-state index contributed by atoms with van der Waals surface area (Å²) in [6, 6.07) is 8.29. The van der Waals surface area contributed by atoms with Crippen molar-refractivity contribution in [3.05, 3.63) is 44.6 Å². The van der Waals surface area contributed by atoms with Crippen molar-refractivity contribution in [3.8, 4) is 0 Å². The fraction of sp³-hybridized carbons (Fsp3) is 0.231. The van der Waals surface area contributed by atoms with E-state index in [1.54, 1.807) is 23.5 Å². The second kappa shape index (κ2) is 6.41. The van der Waals surface area contributed by atoms with Gasteiger partial charge in [-0.1, -0.05) is 0 Å². The lowest BCUT2D eigenvalue weighted by atomic mass is 10.3. The number of hydrogen-bond donors (Lipinski definition) is 1. The maximum absolute atomic E-state index is 12.2. The van der Waals surface area contributed by atoms with E-state index in [0.29, 0.717) is 6.54 Å². The van der Waals surface area contributed by atoms with E-state index in [9.17, 15) is 13.2 Å². The number of thioether (sulfide) groups is 1. The summed E-state index contributed by atoms with van der Waals surface area (Å²) in [6.45, 7) is 2.68. The summed E-state index contributed by atoms with van der Waals surface area (Å²) in [5.41, 5.74) is -3.44. The van der Waals surface area contributed by atoms with Crippen LogP contribution in [0.5, 0.6) is 0 Å². The van der Waals surface area contributed by atoms with Crippen molar-refractivity contribution in [2.45, 2.75) is 23.9 Å². The first-order valence-corrected chi connectivity index (χ1v) is 8.10.